The van der Waals surface area contributed by atoms with Crippen LogP contribution in [0.3, 0.4) is 0 Å². The van der Waals surface area contributed by atoms with E-state index in [9.17, 15) is 66.7 Å². The molecule has 2 aliphatic rings. The first-order chi connectivity index (χ1) is 16.1. The molecule has 1 fully saturated rings. The molecule has 0 radical (unpaired) electrons. The van der Waals surface area contributed by atoms with Crippen LogP contribution in [-0.2, 0) is 9.59 Å². The van der Waals surface area contributed by atoms with Crippen LogP contribution in [-0.4, -0.2) is 64.5 Å². The van der Waals surface area contributed by atoms with Gasteiger partial charge in [-0.2, -0.15) is 57.1 Å². The Morgan fingerprint density at radius 2 is 1.14 bits per heavy atom. The standard InChI is InChI=1S/C21H20F13NO2/c1-13(2,3)35-10-15(7-5-11(36)6-8-15)14(4,12(35)37)9-16(22,23)17(24,25)18(26,27)19(28,29)20(30,31)21(32,33)34/h5-8H,9-10H2,1-4H3. The molecule has 1 aliphatic carbocycles. The number of hydrogen-bond donors (Lipinski definition) is 0. The maximum atomic E-state index is 14.8. The summed E-state index contributed by atoms with van der Waals surface area (Å²) in [6, 6.07) is 0. The molecule has 0 bridgehead atoms. The smallest absolute Gasteiger partial charge is 0.336 e. The van der Waals surface area contributed by atoms with Crippen molar-refractivity contribution < 1.29 is 66.7 Å². The molecule has 1 amide bonds. The fourth-order valence-electron chi connectivity index (χ4n) is 4.19. The van der Waals surface area contributed by atoms with Crippen LogP contribution in [0.15, 0.2) is 24.3 Å². The third-order valence-electron chi connectivity index (χ3n) is 6.64. The van der Waals surface area contributed by atoms with Crippen LogP contribution in [0.4, 0.5) is 57.1 Å². The molecule has 16 heteroatoms. The predicted octanol–water partition coefficient (Wildman–Crippen LogP) is 6.44. The van der Waals surface area contributed by atoms with Gasteiger partial charge in [-0.25, -0.2) is 0 Å². The number of ketones is 1. The van der Waals surface area contributed by atoms with Gasteiger partial charge in [0.25, 0.3) is 0 Å². The van der Waals surface area contributed by atoms with Gasteiger partial charge in [0.15, 0.2) is 5.78 Å². The van der Waals surface area contributed by atoms with Crippen LogP contribution in [0.25, 0.3) is 0 Å². The molecular formula is C21H20F13NO2. The number of amides is 1. The lowest BCUT2D eigenvalue weighted by molar-refractivity contribution is -0.441. The quantitative estimate of drug-likeness (QED) is 0.348. The molecule has 1 spiro atoms. The predicted molar refractivity (Wildman–Crippen MR) is 101 cm³/mol. The number of alkyl halides is 13. The van der Waals surface area contributed by atoms with Gasteiger partial charge in [-0.05, 0) is 39.8 Å². The Balaban J connectivity index is 2.67. The van der Waals surface area contributed by atoms with Crippen LogP contribution in [0.2, 0.25) is 0 Å². The Labute approximate surface area is 201 Å². The van der Waals surface area contributed by atoms with E-state index in [1.807, 2.05) is 0 Å². The van der Waals surface area contributed by atoms with E-state index >= 15 is 0 Å². The van der Waals surface area contributed by atoms with Crippen LogP contribution >= 0.6 is 0 Å². The second-order valence-electron chi connectivity index (χ2n) is 10.2. The highest BCUT2D eigenvalue weighted by atomic mass is 19.4. The summed E-state index contributed by atoms with van der Waals surface area (Å²) in [5.74, 6) is -39.9. The number of carbonyl (C=O) groups is 2. The number of carbonyl (C=O) groups excluding carboxylic acids is 2. The Morgan fingerprint density at radius 1 is 0.730 bits per heavy atom. The molecule has 0 N–H and O–H groups in total. The van der Waals surface area contributed by atoms with Gasteiger partial charge in [0.2, 0.25) is 5.91 Å². The Kier molecular flexibility index (Phi) is 6.78. The molecule has 212 valence electrons. The lowest BCUT2D eigenvalue weighted by atomic mass is 9.61. The highest BCUT2D eigenvalue weighted by Crippen LogP contribution is 2.64. The van der Waals surface area contributed by atoms with Crippen molar-refractivity contribution >= 4 is 11.7 Å². The minimum atomic E-state index is -8.03. The lowest BCUT2D eigenvalue weighted by Crippen LogP contribution is -2.70. The summed E-state index contributed by atoms with van der Waals surface area (Å²) in [5, 5.41) is 0. The van der Waals surface area contributed by atoms with Crippen molar-refractivity contribution in [2.24, 2.45) is 10.8 Å². The molecule has 2 rings (SSSR count). The Hall–Kier alpha value is -2.29. The first-order valence-electron chi connectivity index (χ1n) is 10.3. The first-order valence-corrected chi connectivity index (χ1v) is 10.3. The molecule has 1 saturated heterocycles. The average molecular weight is 565 g/mol. The minimum Gasteiger partial charge on any atom is -0.336 e. The SMILES string of the molecule is CC(C)(C)N1CC2(C=CC(=O)C=C2)C(C)(CC(F)(F)C(F)(F)C(F)(F)C(F)(F)C(F)(F)C(F)(F)F)C1=O. The lowest BCUT2D eigenvalue weighted by Gasteiger charge is -2.44. The van der Waals surface area contributed by atoms with Crippen molar-refractivity contribution in [3.63, 3.8) is 0 Å². The van der Waals surface area contributed by atoms with E-state index in [2.05, 4.69) is 0 Å². The van der Waals surface area contributed by atoms with Crippen molar-refractivity contribution in [2.45, 2.75) is 75.4 Å². The highest BCUT2D eigenvalue weighted by molar-refractivity contribution is 6.01. The van der Waals surface area contributed by atoms with Crippen molar-refractivity contribution in [2.75, 3.05) is 6.54 Å². The summed E-state index contributed by atoms with van der Waals surface area (Å²) in [4.78, 5) is 25.6. The molecule has 0 aromatic rings. The fourth-order valence-corrected chi connectivity index (χ4v) is 4.19. The molecule has 3 nitrogen and oxygen atoms in total. The summed E-state index contributed by atoms with van der Waals surface area (Å²) in [5.41, 5.74) is -6.16. The zero-order valence-electron chi connectivity index (χ0n) is 19.4. The van der Waals surface area contributed by atoms with Gasteiger partial charge in [0.05, 0.1) is 5.41 Å². The van der Waals surface area contributed by atoms with Gasteiger partial charge >= 0.3 is 35.8 Å². The van der Waals surface area contributed by atoms with Crippen molar-refractivity contribution in [1.82, 2.24) is 4.90 Å². The van der Waals surface area contributed by atoms with E-state index in [1.165, 1.54) is 20.8 Å². The third kappa shape index (κ3) is 4.12. The number of hydrogen-bond acceptors (Lipinski definition) is 2. The van der Waals surface area contributed by atoms with Gasteiger partial charge < -0.3 is 4.90 Å². The van der Waals surface area contributed by atoms with Gasteiger partial charge in [-0.15, -0.1) is 0 Å². The van der Waals surface area contributed by atoms with Crippen molar-refractivity contribution in [1.29, 1.82) is 0 Å². The van der Waals surface area contributed by atoms with Crippen molar-refractivity contribution in [3.05, 3.63) is 24.3 Å². The zero-order chi connectivity index (χ0) is 29.5. The van der Waals surface area contributed by atoms with E-state index < -0.39 is 76.8 Å². The number of halogens is 13. The number of rotatable bonds is 6. The van der Waals surface area contributed by atoms with E-state index in [1.54, 1.807) is 0 Å². The maximum Gasteiger partial charge on any atom is 0.460 e. The van der Waals surface area contributed by atoms with Crippen LogP contribution < -0.4 is 0 Å². The van der Waals surface area contributed by atoms with Crippen molar-refractivity contribution in [3.8, 4) is 0 Å². The first kappa shape index (κ1) is 30.9. The van der Waals surface area contributed by atoms with E-state index in [-0.39, 0.29) is 0 Å². The zero-order valence-corrected chi connectivity index (χ0v) is 19.4. The van der Waals surface area contributed by atoms with Crippen LogP contribution in [0, 0.1) is 10.8 Å². The Morgan fingerprint density at radius 3 is 1.51 bits per heavy atom. The minimum absolute atomic E-state index is 0.577. The van der Waals surface area contributed by atoms with Gasteiger partial charge in [0, 0.05) is 23.9 Å². The van der Waals surface area contributed by atoms with Crippen LogP contribution in [0.5, 0.6) is 0 Å². The number of likely N-dealkylation sites (tertiary alicyclic amines) is 1. The molecular weight excluding hydrogens is 545 g/mol. The van der Waals surface area contributed by atoms with Gasteiger partial charge in [-0.3, -0.25) is 9.59 Å². The maximum absolute atomic E-state index is 14.8. The molecule has 0 saturated carbocycles. The molecule has 1 aliphatic heterocycles. The normalized spacial score (nSPS) is 24.0. The molecule has 37 heavy (non-hydrogen) atoms. The number of allylic oxidation sites excluding steroid dienone is 2. The second kappa shape index (κ2) is 8.10. The van der Waals surface area contributed by atoms with Crippen LogP contribution in [0.1, 0.15) is 34.1 Å². The number of nitrogens with zero attached hydrogens (tertiary/aromatic N) is 1. The molecule has 1 heterocycles. The topological polar surface area (TPSA) is 37.4 Å². The van der Waals surface area contributed by atoms with Gasteiger partial charge in [-0.1, -0.05) is 12.2 Å². The fraction of sp³-hybridized carbons (Fsp3) is 0.714. The molecule has 1 unspecified atom stereocenters. The summed E-state index contributed by atoms with van der Waals surface area (Å²) in [6.45, 7) is 4.11. The van der Waals surface area contributed by atoms with E-state index in [0.29, 0.717) is 6.92 Å². The summed E-state index contributed by atoms with van der Waals surface area (Å²) in [7, 11) is 0. The van der Waals surface area contributed by atoms with Gasteiger partial charge in [0.1, 0.15) is 0 Å². The highest BCUT2D eigenvalue weighted by Gasteiger charge is 2.91. The Bertz CT molecular complexity index is 1000. The summed E-state index contributed by atoms with van der Waals surface area (Å²) in [6.07, 6.45) is -7.01. The summed E-state index contributed by atoms with van der Waals surface area (Å²) < 4.78 is 177. The average Bonchev–Trinajstić information content (AvgIpc) is 2.90. The third-order valence-corrected chi connectivity index (χ3v) is 6.64. The molecule has 0 aromatic heterocycles. The monoisotopic (exact) mass is 565 g/mol. The van der Waals surface area contributed by atoms with E-state index in [0.717, 1.165) is 29.2 Å². The largest absolute Gasteiger partial charge is 0.460 e. The second-order valence-corrected chi connectivity index (χ2v) is 10.2. The van der Waals surface area contributed by atoms with E-state index in [4.69, 9.17) is 0 Å². The summed E-state index contributed by atoms with van der Waals surface area (Å²) >= 11 is 0. The molecule has 0 aromatic carbocycles. The molecule has 1 atom stereocenters.